The largest absolute Gasteiger partial charge is 0.496 e. The normalized spacial score (nSPS) is 14.8. The second-order valence-corrected chi connectivity index (χ2v) is 5.73. The summed E-state index contributed by atoms with van der Waals surface area (Å²) < 4.78 is 15.1. The zero-order valence-electron chi connectivity index (χ0n) is 14.0. The molecule has 0 atom stereocenters. The van der Waals surface area contributed by atoms with Gasteiger partial charge in [-0.3, -0.25) is 0 Å². The van der Waals surface area contributed by atoms with E-state index in [2.05, 4.69) is 9.73 Å². The summed E-state index contributed by atoms with van der Waals surface area (Å²) in [5, 5.41) is 0.468. The molecule has 0 saturated carbocycles. The van der Waals surface area contributed by atoms with Gasteiger partial charge in [0.2, 0.25) is 5.90 Å². The predicted octanol–water partition coefficient (Wildman–Crippen LogP) is 3.48. The van der Waals surface area contributed by atoms with Gasteiger partial charge in [0.15, 0.2) is 5.70 Å². The molecule has 1 heterocycles. The third kappa shape index (κ3) is 3.60. The predicted molar refractivity (Wildman–Crippen MR) is 96.4 cm³/mol. The highest BCUT2D eigenvalue weighted by Gasteiger charge is 2.26. The SMILES string of the molecule is COC(=O)c1ccc(/C=C2\N=C(c3cc(Cl)ccc3OC)OC2=O)cc1. The zero-order valence-corrected chi connectivity index (χ0v) is 14.7. The van der Waals surface area contributed by atoms with Gasteiger partial charge in [-0.05, 0) is 42.0 Å². The van der Waals surface area contributed by atoms with E-state index in [0.717, 1.165) is 0 Å². The number of aliphatic imine (C=N–C) groups is 1. The Balaban J connectivity index is 1.92. The van der Waals surface area contributed by atoms with Gasteiger partial charge in [-0.2, -0.15) is 0 Å². The van der Waals surface area contributed by atoms with Gasteiger partial charge in [-0.1, -0.05) is 23.7 Å². The van der Waals surface area contributed by atoms with Gasteiger partial charge in [0, 0.05) is 5.02 Å². The summed E-state index contributed by atoms with van der Waals surface area (Å²) in [5.41, 5.74) is 1.72. The van der Waals surface area contributed by atoms with E-state index >= 15 is 0 Å². The van der Waals surface area contributed by atoms with Crippen LogP contribution < -0.4 is 4.74 Å². The first-order chi connectivity index (χ1) is 12.5. The van der Waals surface area contributed by atoms with Crippen molar-refractivity contribution < 1.29 is 23.8 Å². The molecule has 0 fully saturated rings. The Labute approximate surface area is 154 Å². The van der Waals surface area contributed by atoms with Crippen LogP contribution in [-0.4, -0.2) is 32.1 Å². The molecule has 0 amide bonds. The van der Waals surface area contributed by atoms with Crippen LogP contribution in [0.3, 0.4) is 0 Å². The molecule has 0 aromatic heterocycles. The lowest BCUT2D eigenvalue weighted by Crippen LogP contribution is -2.07. The summed E-state index contributed by atoms with van der Waals surface area (Å²) in [5.74, 6) is -0.409. The van der Waals surface area contributed by atoms with E-state index in [4.69, 9.17) is 21.1 Å². The van der Waals surface area contributed by atoms with Crippen molar-refractivity contribution in [2.75, 3.05) is 14.2 Å². The van der Waals surface area contributed by atoms with Crippen LogP contribution in [0.25, 0.3) is 6.08 Å². The molecular weight excluding hydrogens is 358 g/mol. The molecule has 0 N–H and O–H groups in total. The van der Waals surface area contributed by atoms with Crippen molar-refractivity contribution in [3.05, 3.63) is 69.9 Å². The van der Waals surface area contributed by atoms with E-state index < -0.39 is 11.9 Å². The summed E-state index contributed by atoms with van der Waals surface area (Å²) in [4.78, 5) is 27.8. The van der Waals surface area contributed by atoms with Gasteiger partial charge in [-0.25, -0.2) is 14.6 Å². The number of hydrogen-bond acceptors (Lipinski definition) is 6. The van der Waals surface area contributed by atoms with E-state index in [1.807, 2.05) is 0 Å². The Morgan fingerprint density at radius 3 is 2.54 bits per heavy atom. The van der Waals surface area contributed by atoms with Crippen LogP contribution in [-0.2, 0) is 14.3 Å². The maximum Gasteiger partial charge on any atom is 0.363 e. The highest BCUT2D eigenvalue weighted by molar-refractivity contribution is 6.31. The smallest absolute Gasteiger partial charge is 0.363 e. The molecule has 0 spiro atoms. The molecule has 132 valence electrons. The number of hydrogen-bond donors (Lipinski definition) is 0. The van der Waals surface area contributed by atoms with E-state index in [1.54, 1.807) is 48.5 Å². The van der Waals surface area contributed by atoms with Crippen molar-refractivity contribution >= 4 is 35.5 Å². The number of esters is 2. The fourth-order valence-corrected chi connectivity index (χ4v) is 2.53. The van der Waals surface area contributed by atoms with E-state index in [9.17, 15) is 9.59 Å². The maximum absolute atomic E-state index is 12.1. The maximum atomic E-state index is 12.1. The topological polar surface area (TPSA) is 74.2 Å². The van der Waals surface area contributed by atoms with Gasteiger partial charge >= 0.3 is 11.9 Å². The molecule has 1 aliphatic rings. The molecule has 26 heavy (non-hydrogen) atoms. The first kappa shape index (κ1) is 17.7. The summed E-state index contributed by atoms with van der Waals surface area (Å²) in [6.07, 6.45) is 1.56. The number of carbonyl (C=O) groups excluding carboxylic acids is 2. The standard InChI is InChI=1S/C19H14ClNO5/c1-24-16-8-7-13(20)10-14(16)17-21-15(19(23)26-17)9-11-3-5-12(6-4-11)18(22)25-2/h3-10H,1-2H3/b15-9-. The summed E-state index contributed by atoms with van der Waals surface area (Å²) in [7, 11) is 2.82. The van der Waals surface area contributed by atoms with Gasteiger partial charge in [0.25, 0.3) is 0 Å². The van der Waals surface area contributed by atoms with Crippen molar-refractivity contribution in [3.8, 4) is 5.75 Å². The lowest BCUT2D eigenvalue weighted by atomic mass is 10.1. The number of benzene rings is 2. The molecular formula is C19H14ClNO5. The number of rotatable bonds is 4. The monoisotopic (exact) mass is 371 g/mol. The number of cyclic esters (lactones) is 1. The Kier molecular flexibility index (Phi) is 5.04. The number of carbonyl (C=O) groups is 2. The summed E-state index contributed by atoms with van der Waals surface area (Å²) in [6.45, 7) is 0. The minimum Gasteiger partial charge on any atom is -0.496 e. The van der Waals surface area contributed by atoms with E-state index in [-0.39, 0.29) is 11.6 Å². The number of ether oxygens (including phenoxy) is 3. The molecule has 6 nitrogen and oxygen atoms in total. The minimum atomic E-state index is -0.584. The number of nitrogens with zero attached hydrogens (tertiary/aromatic N) is 1. The van der Waals surface area contributed by atoms with Crippen LogP contribution in [0.4, 0.5) is 0 Å². The Hall–Kier alpha value is -3.12. The lowest BCUT2D eigenvalue weighted by molar-refractivity contribution is -0.129. The minimum absolute atomic E-state index is 0.117. The second-order valence-electron chi connectivity index (χ2n) is 5.29. The van der Waals surface area contributed by atoms with Crippen molar-refractivity contribution in [2.45, 2.75) is 0 Å². The van der Waals surface area contributed by atoms with Gasteiger partial charge in [-0.15, -0.1) is 0 Å². The zero-order chi connectivity index (χ0) is 18.7. The van der Waals surface area contributed by atoms with Crippen LogP contribution in [0.5, 0.6) is 5.75 Å². The summed E-state index contributed by atoms with van der Waals surface area (Å²) in [6, 6.07) is 11.5. The van der Waals surface area contributed by atoms with Crippen molar-refractivity contribution in [2.24, 2.45) is 4.99 Å². The van der Waals surface area contributed by atoms with Gasteiger partial charge < -0.3 is 14.2 Å². The molecule has 2 aromatic carbocycles. The van der Waals surface area contributed by atoms with Crippen LogP contribution in [0.2, 0.25) is 5.02 Å². The molecule has 0 unspecified atom stereocenters. The van der Waals surface area contributed by atoms with Crippen LogP contribution in [0, 0.1) is 0 Å². The fraction of sp³-hybridized carbons (Fsp3) is 0.105. The van der Waals surface area contributed by atoms with Gasteiger partial charge in [0.05, 0.1) is 25.3 Å². The Morgan fingerprint density at radius 1 is 1.15 bits per heavy atom. The average molecular weight is 372 g/mol. The third-order valence-electron chi connectivity index (χ3n) is 3.65. The second kappa shape index (κ2) is 7.41. The van der Waals surface area contributed by atoms with Crippen molar-refractivity contribution in [1.29, 1.82) is 0 Å². The molecule has 0 aliphatic carbocycles. The molecule has 2 aromatic rings. The number of methoxy groups -OCH3 is 2. The molecule has 3 rings (SSSR count). The van der Waals surface area contributed by atoms with Crippen molar-refractivity contribution in [1.82, 2.24) is 0 Å². The first-order valence-electron chi connectivity index (χ1n) is 7.56. The van der Waals surface area contributed by atoms with Crippen molar-refractivity contribution in [3.63, 3.8) is 0 Å². The highest BCUT2D eigenvalue weighted by Crippen LogP contribution is 2.27. The van der Waals surface area contributed by atoms with E-state index in [1.165, 1.54) is 14.2 Å². The molecule has 1 aliphatic heterocycles. The van der Waals surface area contributed by atoms with E-state index in [0.29, 0.717) is 27.5 Å². The van der Waals surface area contributed by atoms with Gasteiger partial charge in [0.1, 0.15) is 5.75 Å². The fourth-order valence-electron chi connectivity index (χ4n) is 2.36. The van der Waals surface area contributed by atoms with Crippen LogP contribution in [0.15, 0.2) is 53.2 Å². The van der Waals surface area contributed by atoms with Crippen LogP contribution in [0.1, 0.15) is 21.5 Å². The quantitative estimate of drug-likeness (QED) is 0.607. The lowest BCUT2D eigenvalue weighted by Gasteiger charge is -2.07. The molecule has 0 bridgehead atoms. The molecule has 0 saturated heterocycles. The summed E-state index contributed by atoms with van der Waals surface area (Å²) >= 11 is 6.00. The van der Waals surface area contributed by atoms with Crippen LogP contribution >= 0.6 is 11.6 Å². The molecule has 7 heteroatoms. The molecule has 0 radical (unpaired) electrons. The highest BCUT2D eigenvalue weighted by atomic mass is 35.5. The average Bonchev–Trinajstić information content (AvgIpc) is 3.02. The number of halogens is 1. The first-order valence-corrected chi connectivity index (χ1v) is 7.94. The Morgan fingerprint density at radius 2 is 1.88 bits per heavy atom. The Bertz CT molecular complexity index is 931. The third-order valence-corrected chi connectivity index (χ3v) is 3.88.